The van der Waals surface area contributed by atoms with E-state index in [1.54, 1.807) is 43.3 Å². The average Bonchev–Trinajstić information content (AvgIpc) is 2.86. The SMILES string of the molecule is CNC(=O)[C@@H](Cc1ccccc1)N(Cc1ccc(Cl)c(Cl)c1)C(=O)CN(c1ccc(Cl)cc1C)S(C)(=O)=O. The minimum atomic E-state index is -3.87. The first kappa shape index (κ1) is 29.8. The fourth-order valence-corrected chi connectivity index (χ4v) is 5.50. The van der Waals surface area contributed by atoms with E-state index in [9.17, 15) is 18.0 Å². The second-order valence-electron chi connectivity index (χ2n) is 8.79. The number of rotatable bonds is 10. The van der Waals surface area contributed by atoms with Crippen molar-refractivity contribution in [2.75, 3.05) is 24.2 Å². The molecule has 0 unspecified atom stereocenters. The Balaban J connectivity index is 2.06. The Labute approximate surface area is 238 Å². The van der Waals surface area contributed by atoms with Crippen LogP contribution in [0.15, 0.2) is 66.7 Å². The van der Waals surface area contributed by atoms with Crippen molar-refractivity contribution in [3.8, 4) is 0 Å². The first-order valence-corrected chi connectivity index (χ1v) is 14.6. The number of aryl methyl sites for hydroxylation is 1. The molecule has 0 saturated carbocycles. The van der Waals surface area contributed by atoms with E-state index in [-0.39, 0.29) is 13.0 Å². The van der Waals surface area contributed by atoms with Crippen LogP contribution in [-0.4, -0.2) is 51.0 Å². The molecule has 3 rings (SSSR count). The second kappa shape index (κ2) is 12.8. The van der Waals surface area contributed by atoms with Gasteiger partial charge in [0.05, 0.1) is 22.0 Å². The summed E-state index contributed by atoms with van der Waals surface area (Å²) < 4.78 is 26.7. The molecule has 0 aliphatic rings. The van der Waals surface area contributed by atoms with Crippen LogP contribution in [0.5, 0.6) is 0 Å². The van der Waals surface area contributed by atoms with Crippen molar-refractivity contribution in [3.05, 3.63) is 98.5 Å². The summed E-state index contributed by atoms with van der Waals surface area (Å²) in [5, 5.41) is 3.72. The number of halogens is 3. The molecule has 11 heteroatoms. The minimum Gasteiger partial charge on any atom is -0.357 e. The van der Waals surface area contributed by atoms with Crippen LogP contribution in [0.2, 0.25) is 15.1 Å². The molecule has 0 aliphatic heterocycles. The summed E-state index contributed by atoms with van der Waals surface area (Å²) in [6.07, 6.45) is 1.24. The highest BCUT2D eigenvalue weighted by Crippen LogP contribution is 2.27. The van der Waals surface area contributed by atoms with Crippen molar-refractivity contribution in [3.63, 3.8) is 0 Å². The van der Waals surface area contributed by atoms with Crippen LogP contribution in [0, 0.1) is 6.92 Å². The molecule has 38 heavy (non-hydrogen) atoms. The van der Waals surface area contributed by atoms with Gasteiger partial charge in [-0.05, 0) is 53.9 Å². The summed E-state index contributed by atoms with van der Waals surface area (Å²) >= 11 is 18.4. The number of hydrogen-bond acceptors (Lipinski definition) is 4. The van der Waals surface area contributed by atoms with Crippen molar-refractivity contribution in [1.29, 1.82) is 0 Å². The number of nitrogens with zero attached hydrogens (tertiary/aromatic N) is 2. The van der Waals surface area contributed by atoms with Gasteiger partial charge in [0.2, 0.25) is 21.8 Å². The number of sulfonamides is 1. The van der Waals surface area contributed by atoms with Crippen LogP contribution >= 0.6 is 34.8 Å². The van der Waals surface area contributed by atoms with Gasteiger partial charge in [0.1, 0.15) is 12.6 Å². The first-order valence-electron chi connectivity index (χ1n) is 11.6. The Morgan fingerprint density at radius 1 is 0.921 bits per heavy atom. The molecule has 3 aromatic rings. The number of nitrogens with one attached hydrogen (secondary N) is 1. The van der Waals surface area contributed by atoms with Crippen LogP contribution in [0.3, 0.4) is 0 Å². The molecule has 7 nitrogen and oxygen atoms in total. The van der Waals surface area contributed by atoms with Gasteiger partial charge in [0, 0.05) is 25.0 Å². The van der Waals surface area contributed by atoms with E-state index >= 15 is 0 Å². The van der Waals surface area contributed by atoms with Gasteiger partial charge in [-0.1, -0.05) is 71.2 Å². The van der Waals surface area contributed by atoms with Crippen LogP contribution in [0.4, 0.5) is 5.69 Å². The van der Waals surface area contributed by atoms with Gasteiger partial charge in [0.25, 0.3) is 0 Å². The molecule has 3 aromatic carbocycles. The number of likely N-dealkylation sites (N-methyl/N-ethyl adjacent to an activating group) is 1. The predicted octanol–water partition coefficient (Wildman–Crippen LogP) is 5.11. The highest BCUT2D eigenvalue weighted by molar-refractivity contribution is 7.92. The molecule has 0 saturated heterocycles. The summed E-state index contributed by atoms with van der Waals surface area (Å²) in [5.41, 5.74) is 2.36. The van der Waals surface area contributed by atoms with E-state index in [1.807, 2.05) is 30.3 Å². The highest BCUT2D eigenvalue weighted by Gasteiger charge is 2.33. The lowest BCUT2D eigenvalue weighted by Crippen LogP contribution is -2.53. The average molecular weight is 597 g/mol. The number of carbonyl (C=O) groups excluding carboxylic acids is 2. The molecule has 0 heterocycles. The third-order valence-electron chi connectivity index (χ3n) is 5.96. The van der Waals surface area contributed by atoms with Gasteiger partial charge in [-0.25, -0.2) is 8.42 Å². The Kier molecular flexibility index (Phi) is 10.1. The number of amides is 2. The summed E-state index contributed by atoms with van der Waals surface area (Å²) in [6.45, 7) is 1.18. The van der Waals surface area contributed by atoms with Crippen molar-refractivity contribution in [1.82, 2.24) is 10.2 Å². The van der Waals surface area contributed by atoms with Crippen molar-refractivity contribution < 1.29 is 18.0 Å². The second-order valence-corrected chi connectivity index (χ2v) is 11.9. The van der Waals surface area contributed by atoms with Gasteiger partial charge in [-0.3, -0.25) is 13.9 Å². The molecule has 0 spiro atoms. The van der Waals surface area contributed by atoms with E-state index in [4.69, 9.17) is 34.8 Å². The lowest BCUT2D eigenvalue weighted by atomic mass is 10.0. The van der Waals surface area contributed by atoms with Crippen molar-refractivity contribution in [2.45, 2.75) is 25.9 Å². The quantitative estimate of drug-likeness (QED) is 0.353. The maximum atomic E-state index is 13.9. The van der Waals surface area contributed by atoms with E-state index in [2.05, 4.69) is 5.32 Å². The topological polar surface area (TPSA) is 86.8 Å². The van der Waals surface area contributed by atoms with Crippen molar-refractivity contribution in [2.24, 2.45) is 0 Å². The summed E-state index contributed by atoms with van der Waals surface area (Å²) in [4.78, 5) is 28.4. The summed E-state index contributed by atoms with van der Waals surface area (Å²) in [6, 6.07) is 18.0. The number of carbonyl (C=O) groups is 2. The van der Waals surface area contributed by atoms with E-state index in [0.717, 1.165) is 16.1 Å². The standard InChI is InChI=1S/C27H28Cl3N3O4S/c1-18-13-21(28)10-12-24(18)33(38(3,36)37)17-26(34)32(16-20-9-11-22(29)23(30)14-20)25(27(35)31-2)15-19-7-5-4-6-8-19/h4-14,25H,15-17H2,1-3H3,(H,31,35)/t25-/m1/s1. The zero-order chi connectivity index (χ0) is 28.0. The largest absolute Gasteiger partial charge is 0.357 e. The van der Waals surface area contributed by atoms with Gasteiger partial charge >= 0.3 is 0 Å². The molecule has 0 aromatic heterocycles. The molecule has 2 amide bonds. The molecule has 1 N–H and O–H groups in total. The third kappa shape index (κ3) is 7.63. The van der Waals surface area contributed by atoms with Gasteiger partial charge in [-0.2, -0.15) is 0 Å². The van der Waals surface area contributed by atoms with Crippen LogP contribution < -0.4 is 9.62 Å². The fourth-order valence-electron chi connectivity index (χ4n) is 4.05. The lowest BCUT2D eigenvalue weighted by Gasteiger charge is -2.33. The fraction of sp³-hybridized carbons (Fsp3) is 0.259. The number of benzene rings is 3. The molecule has 0 radical (unpaired) electrons. The Morgan fingerprint density at radius 3 is 2.18 bits per heavy atom. The van der Waals surface area contributed by atoms with Gasteiger partial charge < -0.3 is 10.2 Å². The van der Waals surface area contributed by atoms with E-state index in [1.165, 1.54) is 11.9 Å². The molecule has 1 atom stereocenters. The molecule has 202 valence electrons. The van der Waals surface area contributed by atoms with Gasteiger partial charge in [-0.15, -0.1) is 0 Å². The monoisotopic (exact) mass is 595 g/mol. The number of hydrogen-bond donors (Lipinski definition) is 1. The molecule has 0 bridgehead atoms. The lowest BCUT2D eigenvalue weighted by molar-refractivity contribution is -0.139. The minimum absolute atomic E-state index is 0.00214. The van der Waals surface area contributed by atoms with Gasteiger partial charge in [0.15, 0.2) is 0 Å². The van der Waals surface area contributed by atoms with E-state index in [0.29, 0.717) is 31.9 Å². The third-order valence-corrected chi connectivity index (χ3v) is 8.06. The molecular formula is C27H28Cl3N3O4S. The Hall–Kier alpha value is -2.78. The van der Waals surface area contributed by atoms with Crippen molar-refractivity contribution >= 4 is 62.3 Å². The van der Waals surface area contributed by atoms with E-state index < -0.39 is 34.4 Å². The summed E-state index contributed by atoms with van der Waals surface area (Å²) in [7, 11) is -2.39. The smallest absolute Gasteiger partial charge is 0.244 e. The number of anilines is 1. The molecule has 0 aliphatic carbocycles. The zero-order valence-corrected chi connectivity index (χ0v) is 24.2. The zero-order valence-electron chi connectivity index (χ0n) is 21.1. The highest BCUT2D eigenvalue weighted by atomic mass is 35.5. The predicted molar refractivity (Wildman–Crippen MR) is 153 cm³/mol. The molecular weight excluding hydrogens is 569 g/mol. The summed E-state index contributed by atoms with van der Waals surface area (Å²) in [5.74, 6) is -0.962. The van der Waals surface area contributed by atoms with Crippen LogP contribution in [0.1, 0.15) is 16.7 Å². The van der Waals surface area contributed by atoms with Crippen LogP contribution in [-0.2, 0) is 32.6 Å². The Bertz CT molecular complexity index is 1420. The maximum Gasteiger partial charge on any atom is 0.244 e. The molecule has 0 fully saturated rings. The normalized spacial score (nSPS) is 12.1. The van der Waals surface area contributed by atoms with Crippen LogP contribution in [0.25, 0.3) is 0 Å². The maximum absolute atomic E-state index is 13.9. The first-order chi connectivity index (χ1) is 17.9. The Morgan fingerprint density at radius 2 is 1.61 bits per heavy atom.